The summed E-state index contributed by atoms with van der Waals surface area (Å²) in [5, 5.41) is 0.294. The van der Waals surface area contributed by atoms with E-state index in [1.165, 1.54) is 18.2 Å². The molecule has 0 saturated carbocycles. The van der Waals surface area contributed by atoms with Gasteiger partial charge >= 0.3 is 0 Å². The molecule has 0 unspecified atom stereocenters. The zero-order valence-electron chi connectivity index (χ0n) is 8.35. The number of allylic oxidation sites excluding steroid dienone is 6. The molecule has 0 bridgehead atoms. The van der Waals surface area contributed by atoms with Crippen molar-refractivity contribution < 1.29 is 4.39 Å². The third-order valence-corrected chi connectivity index (χ3v) is 1.68. The van der Waals surface area contributed by atoms with Crippen molar-refractivity contribution in [1.82, 2.24) is 0 Å². The summed E-state index contributed by atoms with van der Waals surface area (Å²) in [5.41, 5.74) is 1.01. The van der Waals surface area contributed by atoms with Crippen molar-refractivity contribution in [1.29, 1.82) is 0 Å². The van der Waals surface area contributed by atoms with Crippen molar-refractivity contribution in [2.45, 2.75) is 6.92 Å². The zero-order valence-corrected chi connectivity index (χ0v) is 9.11. The largest absolute Gasteiger partial charge is 0.287 e. The van der Waals surface area contributed by atoms with Crippen molar-refractivity contribution >= 4 is 17.3 Å². The first-order valence-corrected chi connectivity index (χ1v) is 4.41. The minimum absolute atomic E-state index is 0.294. The molecule has 0 aliphatic rings. The van der Waals surface area contributed by atoms with Crippen LogP contribution >= 0.6 is 11.6 Å². The molecule has 0 aromatic heterocycles. The molecular weight excluding hydrogens is 201 g/mol. The molecule has 0 aromatic carbocycles. The van der Waals surface area contributed by atoms with Gasteiger partial charge in [-0.1, -0.05) is 36.9 Å². The van der Waals surface area contributed by atoms with E-state index in [0.29, 0.717) is 16.3 Å². The molecule has 0 atom stereocenters. The van der Waals surface area contributed by atoms with Gasteiger partial charge in [-0.3, -0.25) is 4.99 Å². The Morgan fingerprint density at radius 1 is 1.36 bits per heavy atom. The van der Waals surface area contributed by atoms with Gasteiger partial charge in [0.1, 0.15) is 5.83 Å². The van der Waals surface area contributed by atoms with Crippen LogP contribution in [-0.2, 0) is 0 Å². The summed E-state index contributed by atoms with van der Waals surface area (Å²) in [6.45, 7) is 8.83. The molecule has 0 amide bonds. The third-order valence-electron chi connectivity index (χ3n) is 1.50. The molecule has 0 saturated heterocycles. The van der Waals surface area contributed by atoms with Crippen LogP contribution in [-0.4, -0.2) is 12.8 Å². The van der Waals surface area contributed by atoms with E-state index in [1.807, 2.05) is 0 Å². The summed E-state index contributed by atoms with van der Waals surface area (Å²) in [6, 6.07) is 0. The van der Waals surface area contributed by atoms with Crippen LogP contribution in [0.1, 0.15) is 6.92 Å². The van der Waals surface area contributed by atoms with Gasteiger partial charge < -0.3 is 0 Å². The highest BCUT2D eigenvalue weighted by atomic mass is 35.5. The van der Waals surface area contributed by atoms with E-state index in [2.05, 4.69) is 18.2 Å². The van der Waals surface area contributed by atoms with Crippen molar-refractivity contribution in [3.8, 4) is 0 Å². The van der Waals surface area contributed by atoms with Gasteiger partial charge in [0.05, 0.1) is 10.7 Å². The zero-order chi connectivity index (χ0) is 11.1. The predicted molar refractivity (Wildman–Crippen MR) is 61.5 cm³/mol. The van der Waals surface area contributed by atoms with E-state index in [1.54, 1.807) is 14.0 Å². The van der Waals surface area contributed by atoms with Gasteiger partial charge in [-0.15, -0.1) is 0 Å². The maximum absolute atomic E-state index is 12.7. The molecule has 0 fully saturated rings. The second-order valence-corrected chi connectivity index (χ2v) is 2.97. The molecule has 0 radical (unpaired) electrons. The number of rotatable bonds is 4. The average Bonchev–Trinajstić information content (AvgIpc) is 2.14. The molecule has 0 aliphatic carbocycles. The van der Waals surface area contributed by atoms with Crippen LogP contribution in [0.4, 0.5) is 4.39 Å². The molecule has 0 aromatic rings. The topological polar surface area (TPSA) is 12.4 Å². The minimum atomic E-state index is -0.332. The molecule has 0 heterocycles. The maximum Gasteiger partial charge on any atom is 0.118 e. The van der Waals surface area contributed by atoms with E-state index >= 15 is 0 Å². The second kappa shape index (κ2) is 6.33. The number of hydrogen-bond acceptors (Lipinski definition) is 1. The Labute approximate surface area is 89.0 Å². The van der Waals surface area contributed by atoms with Gasteiger partial charge in [0.15, 0.2) is 0 Å². The summed E-state index contributed by atoms with van der Waals surface area (Å²) >= 11 is 5.66. The molecule has 0 spiro atoms. The fourth-order valence-electron chi connectivity index (χ4n) is 0.794. The third kappa shape index (κ3) is 4.19. The Hall–Kier alpha value is -1.15. The van der Waals surface area contributed by atoms with Crippen LogP contribution in [0.2, 0.25) is 0 Å². The monoisotopic (exact) mass is 213 g/mol. The molecule has 14 heavy (non-hydrogen) atoms. The lowest BCUT2D eigenvalue weighted by atomic mass is 10.1. The fraction of sp³-hybridized carbons (Fsp3) is 0.182. The average molecular weight is 214 g/mol. The minimum Gasteiger partial charge on any atom is -0.287 e. The molecule has 0 N–H and O–H groups in total. The summed E-state index contributed by atoms with van der Waals surface area (Å²) in [5.74, 6) is -0.332. The molecule has 0 rings (SSSR count). The predicted octanol–water partition coefficient (Wildman–Crippen LogP) is 3.80. The first-order valence-electron chi connectivity index (χ1n) is 4.03. The lowest BCUT2D eigenvalue weighted by Crippen LogP contribution is -1.98. The van der Waals surface area contributed by atoms with Gasteiger partial charge in [0, 0.05) is 7.05 Å². The van der Waals surface area contributed by atoms with Gasteiger partial charge in [0.25, 0.3) is 0 Å². The highest BCUT2D eigenvalue weighted by molar-refractivity contribution is 6.46. The van der Waals surface area contributed by atoms with E-state index in [-0.39, 0.29) is 5.83 Å². The summed E-state index contributed by atoms with van der Waals surface area (Å²) in [7, 11) is 1.58. The molecular formula is C11H13ClFN. The van der Waals surface area contributed by atoms with Crippen LogP contribution in [0.15, 0.2) is 52.8 Å². The van der Waals surface area contributed by atoms with Crippen LogP contribution in [0, 0.1) is 0 Å². The Kier molecular flexibility index (Phi) is 5.81. The maximum atomic E-state index is 12.7. The highest BCUT2D eigenvalue weighted by Gasteiger charge is 2.02. The van der Waals surface area contributed by atoms with Crippen LogP contribution < -0.4 is 0 Å². The van der Waals surface area contributed by atoms with Crippen molar-refractivity contribution in [2.75, 3.05) is 7.05 Å². The van der Waals surface area contributed by atoms with Gasteiger partial charge in [-0.2, -0.15) is 0 Å². The normalized spacial score (nSPS) is 13.4. The highest BCUT2D eigenvalue weighted by Crippen LogP contribution is 2.11. The van der Waals surface area contributed by atoms with Crippen LogP contribution in [0.5, 0.6) is 0 Å². The Morgan fingerprint density at radius 3 is 2.29 bits per heavy atom. The fourth-order valence-corrected chi connectivity index (χ4v) is 1.00. The van der Waals surface area contributed by atoms with Crippen LogP contribution in [0.25, 0.3) is 0 Å². The summed E-state index contributed by atoms with van der Waals surface area (Å²) in [4.78, 5) is 3.88. The lowest BCUT2D eigenvalue weighted by Gasteiger charge is -2.01. The van der Waals surface area contributed by atoms with E-state index in [9.17, 15) is 4.39 Å². The Balaban J connectivity index is 4.65. The lowest BCUT2D eigenvalue weighted by molar-refractivity contribution is 0.665. The SMILES string of the molecule is C=C(Cl)/C(=N\C)C(=C)/C=C\C(F)=C/C. The first-order chi connectivity index (χ1) is 6.52. The molecule has 0 aliphatic heterocycles. The standard InChI is InChI=1S/C11H13ClFN/c1-5-10(13)7-6-8(2)11(14-4)9(3)12/h5-7H,2-3H2,1,4H3/b7-6-,10-5+,14-11-. The van der Waals surface area contributed by atoms with Gasteiger partial charge in [-0.05, 0) is 18.6 Å². The van der Waals surface area contributed by atoms with Crippen molar-refractivity contribution in [3.05, 3.63) is 47.8 Å². The summed E-state index contributed by atoms with van der Waals surface area (Å²) in [6.07, 6.45) is 4.15. The number of nitrogens with zero attached hydrogens (tertiary/aromatic N) is 1. The van der Waals surface area contributed by atoms with Gasteiger partial charge in [0.2, 0.25) is 0 Å². The van der Waals surface area contributed by atoms with E-state index in [0.717, 1.165) is 0 Å². The summed E-state index contributed by atoms with van der Waals surface area (Å²) < 4.78 is 12.7. The molecule has 76 valence electrons. The van der Waals surface area contributed by atoms with Crippen molar-refractivity contribution in [3.63, 3.8) is 0 Å². The Bertz CT molecular complexity index is 324. The number of aliphatic imine (C=N–C) groups is 1. The number of halogens is 2. The smallest absolute Gasteiger partial charge is 0.118 e. The quantitative estimate of drug-likeness (QED) is 0.498. The van der Waals surface area contributed by atoms with Crippen LogP contribution in [0.3, 0.4) is 0 Å². The van der Waals surface area contributed by atoms with Crippen molar-refractivity contribution in [2.24, 2.45) is 4.99 Å². The van der Waals surface area contributed by atoms with E-state index < -0.39 is 0 Å². The second-order valence-electron chi connectivity index (χ2n) is 2.51. The van der Waals surface area contributed by atoms with E-state index in [4.69, 9.17) is 11.6 Å². The Morgan fingerprint density at radius 2 is 1.93 bits per heavy atom. The van der Waals surface area contributed by atoms with Gasteiger partial charge in [-0.25, -0.2) is 4.39 Å². The molecule has 1 nitrogen and oxygen atoms in total. The first kappa shape index (κ1) is 12.8. The molecule has 3 heteroatoms. The number of hydrogen-bond donors (Lipinski definition) is 0.